The summed E-state index contributed by atoms with van der Waals surface area (Å²) in [6, 6.07) is 12.5. The summed E-state index contributed by atoms with van der Waals surface area (Å²) in [6.07, 6.45) is 3.94. The van der Waals surface area contributed by atoms with Gasteiger partial charge in [-0.1, -0.05) is 12.1 Å². The van der Waals surface area contributed by atoms with Gasteiger partial charge < -0.3 is 9.88 Å². The summed E-state index contributed by atoms with van der Waals surface area (Å²) in [7, 11) is 0. The Hall–Kier alpha value is -1.81. The number of para-hydroxylation sites is 1. The number of rotatable bonds is 4. The zero-order valence-electron chi connectivity index (χ0n) is 11.3. The normalized spacial score (nSPS) is 10.9. The average molecular weight is 330 g/mol. The van der Waals surface area contributed by atoms with Crippen LogP contribution in [0.3, 0.4) is 0 Å². The van der Waals surface area contributed by atoms with Crippen LogP contribution in [0.1, 0.15) is 12.6 Å². The van der Waals surface area contributed by atoms with Crippen molar-refractivity contribution in [1.82, 2.24) is 9.55 Å². The van der Waals surface area contributed by atoms with E-state index in [2.05, 4.69) is 80.3 Å². The Morgan fingerprint density at radius 2 is 2.15 bits per heavy atom. The summed E-state index contributed by atoms with van der Waals surface area (Å²) < 4.78 is 3.24. The van der Waals surface area contributed by atoms with Gasteiger partial charge in [0.25, 0.3) is 0 Å². The number of halogens is 1. The first kappa shape index (κ1) is 13.2. The summed E-state index contributed by atoms with van der Waals surface area (Å²) >= 11 is 3.46. The second-order valence-electron chi connectivity index (χ2n) is 4.67. The van der Waals surface area contributed by atoms with Crippen molar-refractivity contribution in [1.29, 1.82) is 0 Å². The first-order valence-electron chi connectivity index (χ1n) is 6.70. The molecule has 1 aromatic carbocycles. The van der Waals surface area contributed by atoms with Gasteiger partial charge in [-0.3, -0.25) is 4.98 Å². The summed E-state index contributed by atoms with van der Waals surface area (Å²) in [5.41, 5.74) is 3.35. The zero-order chi connectivity index (χ0) is 13.9. The van der Waals surface area contributed by atoms with E-state index >= 15 is 0 Å². The van der Waals surface area contributed by atoms with Crippen LogP contribution in [0.2, 0.25) is 0 Å². The quantitative estimate of drug-likeness (QED) is 0.767. The van der Waals surface area contributed by atoms with Crippen LogP contribution in [0.4, 0.5) is 5.69 Å². The lowest BCUT2D eigenvalue weighted by molar-refractivity contribution is 0.724. The molecule has 0 saturated carbocycles. The Bertz CT molecular complexity index is 733. The zero-order valence-corrected chi connectivity index (χ0v) is 12.9. The summed E-state index contributed by atoms with van der Waals surface area (Å²) in [4.78, 5) is 4.51. The van der Waals surface area contributed by atoms with E-state index < -0.39 is 0 Å². The van der Waals surface area contributed by atoms with Crippen molar-refractivity contribution in [3.05, 3.63) is 59.0 Å². The highest BCUT2D eigenvalue weighted by atomic mass is 79.9. The lowest BCUT2D eigenvalue weighted by Crippen LogP contribution is -2.06. The molecule has 2 aromatic heterocycles. The number of nitrogens with zero attached hydrogens (tertiary/aromatic N) is 2. The molecule has 3 aromatic rings. The van der Waals surface area contributed by atoms with Crippen LogP contribution in [0, 0.1) is 0 Å². The number of anilines is 1. The Morgan fingerprint density at radius 3 is 3.00 bits per heavy atom. The molecule has 0 aliphatic carbocycles. The predicted molar refractivity (Wildman–Crippen MR) is 86.9 cm³/mol. The van der Waals surface area contributed by atoms with Gasteiger partial charge in [0.1, 0.15) is 0 Å². The van der Waals surface area contributed by atoms with Crippen molar-refractivity contribution in [3.63, 3.8) is 0 Å². The second-order valence-corrected chi connectivity index (χ2v) is 5.59. The van der Waals surface area contributed by atoms with Crippen molar-refractivity contribution in [3.8, 4) is 0 Å². The van der Waals surface area contributed by atoms with E-state index in [1.165, 1.54) is 5.69 Å². The van der Waals surface area contributed by atoms with E-state index in [9.17, 15) is 0 Å². The highest BCUT2D eigenvalue weighted by Crippen LogP contribution is 2.24. The van der Waals surface area contributed by atoms with Gasteiger partial charge in [-0.15, -0.1) is 0 Å². The molecule has 0 unspecified atom stereocenters. The molecule has 0 fully saturated rings. The molecule has 0 amide bonds. The van der Waals surface area contributed by atoms with E-state index in [1.807, 2.05) is 6.20 Å². The van der Waals surface area contributed by atoms with Gasteiger partial charge in [0, 0.05) is 34.5 Å². The topological polar surface area (TPSA) is 29.9 Å². The van der Waals surface area contributed by atoms with E-state index in [0.717, 1.165) is 34.2 Å². The fourth-order valence-corrected chi connectivity index (χ4v) is 2.73. The van der Waals surface area contributed by atoms with Crippen LogP contribution in [0.15, 0.2) is 53.3 Å². The minimum atomic E-state index is 0.803. The number of aromatic nitrogens is 2. The number of nitrogens with one attached hydrogen (secondary N) is 1. The molecule has 0 bridgehead atoms. The van der Waals surface area contributed by atoms with Gasteiger partial charge in [-0.05, 0) is 47.1 Å². The Labute approximate surface area is 126 Å². The van der Waals surface area contributed by atoms with E-state index in [1.54, 1.807) is 0 Å². The maximum Gasteiger partial charge on any atom is 0.0934 e. The third kappa shape index (κ3) is 2.56. The first-order valence-corrected chi connectivity index (χ1v) is 7.49. The van der Waals surface area contributed by atoms with Gasteiger partial charge in [0.15, 0.2) is 0 Å². The fraction of sp³-hybridized carbons (Fsp3) is 0.188. The minimum Gasteiger partial charge on any atom is -0.378 e. The van der Waals surface area contributed by atoms with Crippen LogP contribution in [-0.2, 0) is 13.1 Å². The number of fused-ring (bicyclic) bond motifs is 1. The van der Waals surface area contributed by atoms with Crippen LogP contribution in [0.25, 0.3) is 10.9 Å². The maximum atomic E-state index is 4.51. The lowest BCUT2D eigenvalue weighted by atomic mass is 10.2. The molecule has 2 heterocycles. The minimum absolute atomic E-state index is 0.803. The Kier molecular flexibility index (Phi) is 3.74. The van der Waals surface area contributed by atoms with Crippen molar-refractivity contribution in [2.45, 2.75) is 20.0 Å². The van der Waals surface area contributed by atoms with E-state index in [0.29, 0.717) is 0 Å². The third-order valence-electron chi connectivity index (χ3n) is 3.40. The van der Waals surface area contributed by atoms with Crippen LogP contribution in [-0.4, -0.2) is 9.55 Å². The number of hydrogen-bond donors (Lipinski definition) is 1. The lowest BCUT2D eigenvalue weighted by Gasteiger charge is -2.11. The fourth-order valence-electron chi connectivity index (χ4n) is 2.38. The highest BCUT2D eigenvalue weighted by molar-refractivity contribution is 9.10. The number of benzene rings is 1. The molecule has 3 rings (SSSR count). The molecule has 3 nitrogen and oxygen atoms in total. The molecular weight excluding hydrogens is 314 g/mol. The molecule has 0 atom stereocenters. The number of aryl methyl sites for hydroxylation is 1. The third-order valence-corrected chi connectivity index (χ3v) is 3.84. The molecule has 4 heteroatoms. The Morgan fingerprint density at radius 1 is 1.25 bits per heavy atom. The second kappa shape index (κ2) is 5.67. The van der Waals surface area contributed by atoms with E-state index in [4.69, 9.17) is 0 Å². The summed E-state index contributed by atoms with van der Waals surface area (Å²) in [5.74, 6) is 0. The summed E-state index contributed by atoms with van der Waals surface area (Å²) in [6.45, 7) is 3.95. The highest BCUT2D eigenvalue weighted by Gasteiger charge is 2.04. The largest absolute Gasteiger partial charge is 0.378 e. The first-order chi connectivity index (χ1) is 9.78. The molecule has 1 N–H and O–H groups in total. The molecule has 102 valence electrons. The summed E-state index contributed by atoms with van der Waals surface area (Å²) in [5, 5.41) is 4.62. The molecule has 0 aliphatic heterocycles. The van der Waals surface area contributed by atoms with E-state index in [-0.39, 0.29) is 0 Å². The van der Waals surface area contributed by atoms with Gasteiger partial charge >= 0.3 is 0 Å². The molecule has 0 radical (unpaired) electrons. The van der Waals surface area contributed by atoms with Crippen molar-refractivity contribution >= 4 is 32.5 Å². The van der Waals surface area contributed by atoms with Crippen molar-refractivity contribution < 1.29 is 0 Å². The Balaban J connectivity index is 1.88. The molecule has 20 heavy (non-hydrogen) atoms. The van der Waals surface area contributed by atoms with Crippen LogP contribution in [0.5, 0.6) is 0 Å². The number of hydrogen-bond acceptors (Lipinski definition) is 2. The van der Waals surface area contributed by atoms with Gasteiger partial charge in [-0.25, -0.2) is 0 Å². The van der Waals surface area contributed by atoms with Crippen molar-refractivity contribution in [2.75, 3.05) is 5.32 Å². The van der Waals surface area contributed by atoms with Crippen LogP contribution >= 0.6 is 15.9 Å². The van der Waals surface area contributed by atoms with Gasteiger partial charge in [-0.2, -0.15) is 0 Å². The standard InChI is InChI=1S/C16H16BrN3/c1-2-20-8-4-6-14(20)11-18-15-7-3-5-12-9-13(17)10-19-16(12)15/h3-10,18H,2,11H2,1H3. The van der Waals surface area contributed by atoms with Crippen LogP contribution < -0.4 is 5.32 Å². The predicted octanol–water partition coefficient (Wildman–Crippen LogP) is 4.43. The SMILES string of the molecule is CCn1cccc1CNc1cccc2cc(Br)cnc12. The molecule has 0 aliphatic rings. The van der Waals surface area contributed by atoms with Crippen molar-refractivity contribution in [2.24, 2.45) is 0 Å². The van der Waals surface area contributed by atoms with Gasteiger partial charge in [0.05, 0.1) is 17.7 Å². The maximum absolute atomic E-state index is 4.51. The average Bonchev–Trinajstić information content (AvgIpc) is 2.92. The smallest absolute Gasteiger partial charge is 0.0934 e. The monoisotopic (exact) mass is 329 g/mol. The van der Waals surface area contributed by atoms with Gasteiger partial charge in [0.2, 0.25) is 0 Å². The molecule has 0 spiro atoms. The molecular formula is C16H16BrN3. The molecule has 0 saturated heterocycles. The number of pyridine rings is 1.